The highest BCUT2D eigenvalue weighted by Crippen LogP contribution is 2.31. The molecular weight excluding hydrogens is 372 g/mol. The van der Waals surface area contributed by atoms with E-state index >= 15 is 0 Å². The maximum absolute atomic E-state index is 13.0. The van der Waals surface area contributed by atoms with E-state index in [9.17, 15) is 18.0 Å². The van der Waals surface area contributed by atoms with Gasteiger partial charge < -0.3 is 15.0 Å². The van der Waals surface area contributed by atoms with Gasteiger partial charge in [-0.1, -0.05) is 0 Å². The second-order valence-electron chi connectivity index (χ2n) is 8.49. The highest BCUT2D eigenvalue weighted by atomic mass is 32.2. The fourth-order valence-electron chi connectivity index (χ4n) is 3.72. The first-order valence-corrected chi connectivity index (χ1v) is 11.4. The van der Waals surface area contributed by atoms with Crippen LogP contribution in [0.1, 0.15) is 59.3 Å². The minimum Gasteiger partial charge on any atom is -0.444 e. The zero-order valence-electron chi connectivity index (χ0n) is 16.7. The number of alkyl carbamates (subject to hydrolysis) is 1. The van der Waals surface area contributed by atoms with Crippen molar-refractivity contribution in [1.82, 2.24) is 10.2 Å². The zero-order valence-corrected chi connectivity index (χ0v) is 17.5. The topological polar surface area (TPSA) is 102 Å². The molecule has 0 aromatic rings. The average molecular weight is 405 g/mol. The molecule has 0 spiro atoms. The van der Waals surface area contributed by atoms with Crippen molar-refractivity contribution < 1.29 is 26.9 Å². The van der Waals surface area contributed by atoms with Crippen molar-refractivity contribution in [2.75, 3.05) is 19.3 Å². The lowest BCUT2D eigenvalue weighted by Gasteiger charge is -2.35. The molecule has 0 aromatic carbocycles. The fraction of sp³-hybridized carbons (Fsp3) is 0.889. The summed E-state index contributed by atoms with van der Waals surface area (Å²) in [6, 6.07) is -0.655. The summed E-state index contributed by atoms with van der Waals surface area (Å²) >= 11 is 0. The van der Waals surface area contributed by atoms with Gasteiger partial charge in [0.1, 0.15) is 11.6 Å². The number of hydrogen-bond donors (Lipinski definition) is 1. The highest BCUT2D eigenvalue weighted by Gasteiger charge is 2.37. The Kier molecular flexibility index (Phi) is 7.13. The lowest BCUT2D eigenvalue weighted by atomic mass is 9.82. The number of carbonyl (C=O) groups excluding carboxylic acids is 2. The van der Waals surface area contributed by atoms with Gasteiger partial charge in [-0.05, 0) is 65.2 Å². The average Bonchev–Trinajstić information content (AvgIpc) is 3.04. The van der Waals surface area contributed by atoms with Crippen molar-refractivity contribution in [3.63, 3.8) is 0 Å². The number of rotatable bonds is 5. The molecule has 8 nitrogen and oxygen atoms in total. The number of nitrogens with one attached hydrogen (secondary N) is 1. The molecule has 0 radical (unpaired) electrons. The van der Waals surface area contributed by atoms with Crippen molar-refractivity contribution in [3.8, 4) is 0 Å². The normalized spacial score (nSPS) is 25.1. The number of likely N-dealkylation sites (tertiary alicyclic amines) is 1. The Hall–Kier alpha value is -1.35. The summed E-state index contributed by atoms with van der Waals surface area (Å²) in [7, 11) is -3.50. The van der Waals surface area contributed by atoms with Crippen LogP contribution in [0.15, 0.2) is 0 Å². The van der Waals surface area contributed by atoms with Gasteiger partial charge >= 0.3 is 6.09 Å². The molecule has 0 aromatic heterocycles. The molecule has 1 unspecified atom stereocenters. The van der Waals surface area contributed by atoms with Crippen LogP contribution in [0.25, 0.3) is 0 Å². The van der Waals surface area contributed by atoms with Crippen LogP contribution in [-0.2, 0) is 23.8 Å². The van der Waals surface area contributed by atoms with Crippen molar-refractivity contribution in [2.24, 2.45) is 5.92 Å². The monoisotopic (exact) mass is 404 g/mol. The smallest absolute Gasteiger partial charge is 0.408 e. The number of hydrogen-bond acceptors (Lipinski definition) is 6. The quantitative estimate of drug-likeness (QED) is 0.704. The summed E-state index contributed by atoms with van der Waals surface area (Å²) in [5.41, 5.74) is -0.647. The van der Waals surface area contributed by atoms with Gasteiger partial charge in [0.2, 0.25) is 5.91 Å². The van der Waals surface area contributed by atoms with Gasteiger partial charge in [-0.25, -0.2) is 4.79 Å². The third-order valence-corrected chi connectivity index (χ3v) is 5.48. The van der Waals surface area contributed by atoms with Gasteiger partial charge in [-0.15, -0.1) is 0 Å². The second kappa shape index (κ2) is 8.77. The van der Waals surface area contributed by atoms with Crippen LogP contribution in [0.2, 0.25) is 0 Å². The van der Waals surface area contributed by atoms with E-state index in [0.717, 1.165) is 19.1 Å². The van der Waals surface area contributed by atoms with Gasteiger partial charge in [-0.2, -0.15) is 8.42 Å². The molecule has 1 aliphatic carbocycles. The Labute approximate surface area is 162 Å². The van der Waals surface area contributed by atoms with E-state index in [1.165, 1.54) is 0 Å². The summed E-state index contributed by atoms with van der Waals surface area (Å²) in [5, 5.41) is 2.77. The molecule has 27 heavy (non-hydrogen) atoms. The maximum atomic E-state index is 13.0. The molecule has 9 heteroatoms. The first-order valence-electron chi connectivity index (χ1n) is 9.61. The molecule has 1 N–H and O–H groups in total. The molecule has 1 atom stereocenters. The van der Waals surface area contributed by atoms with Gasteiger partial charge in [0.15, 0.2) is 0 Å². The Morgan fingerprint density at radius 3 is 2.11 bits per heavy atom. The maximum Gasteiger partial charge on any atom is 0.408 e. The Bertz CT molecular complexity index is 629. The Morgan fingerprint density at radius 2 is 1.63 bits per heavy atom. The van der Waals surface area contributed by atoms with Gasteiger partial charge in [0, 0.05) is 13.1 Å². The van der Waals surface area contributed by atoms with Crippen LogP contribution in [0.5, 0.6) is 0 Å². The van der Waals surface area contributed by atoms with E-state index in [1.807, 2.05) is 0 Å². The summed E-state index contributed by atoms with van der Waals surface area (Å²) in [6.07, 6.45) is 4.33. The van der Waals surface area contributed by atoms with Crippen molar-refractivity contribution >= 4 is 22.1 Å². The van der Waals surface area contributed by atoms with Gasteiger partial charge in [0.25, 0.3) is 10.1 Å². The van der Waals surface area contributed by atoms with Crippen LogP contribution in [0.4, 0.5) is 4.79 Å². The van der Waals surface area contributed by atoms with Crippen LogP contribution in [-0.4, -0.2) is 62.4 Å². The van der Waals surface area contributed by atoms with Crippen molar-refractivity contribution in [3.05, 3.63) is 0 Å². The van der Waals surface area contributed by atoms with Gasteiger partial charge in [-0.3, -0.25) is 8.98 Å². The highest BCUT2D eigenvalue weighted by molar-refractivity contribution is 7.86. The molecule has 1 saturated carbocycles. The molecule has 156 valence electrons. The molecule has 2 fully saturated rings. The molecule has 1 aliphatic heterocycles. The van der Waals surface area contributed by atoms with Crippen LogP contribution < -0.4 is 5.32 Å². The van der Waals surface area contributed by atoms with Crippen LogP contribution in [0.3, 0.4) is 0 Å². The van der Waals surface area contributed by atoms with Crippen molar-refractivity contribution in [2.45, 2.75) is 77.0 Å². The predicted octanol–water partition coefficient (Wildman–Crippen LogP) is 2.04. The zero-order chi connectivity index (χ0) is 20.2. The lowest BCUT2D eigenvalue weighted by molar-refractivity contribution is -0.134. The summed E-state index contributed by atoms with van der Waals surface area (Å²) in [5.74, 6) is -0.143. The van der Waals surface area contributed by atoms with E-state index in [0.29, 0.717) is 38.8 Å². The SMILES string of the molecule is CC(C)(C)OC(=O)NC(C(=O)N1CCCC1)C1CCC(OS(C)(=O)=O)CC1. The lowest BCUT2D eigenvalue weighted by Crippen LogP contribution is -2.53. The summed E-state index contributed by atoms with van der Waals surface area (Å²) < 4.78 is 33.1. The molecule has 2 amide bonds. The minimum atomic E-state index is -3.50. The van der Waals surface area contributed by atoms with E-state index in [2.05, 4.69) is 5.32 Å². The predicted molar refractivity (Wildman–Crippen MR) is 101 cm³/mol. The Morgan fingerprint density at radius 1 is 1.07 bits per heavy atom. The van der Waals surface area contributed by atoms with E-state index < -0.39 is 27.9 Å². The number of carbonyl (C=O) groups is 2. The molecule has 1 heterocycles. The van der Waals surface area contributed by atoms with Gasteiger partial charge in [0.05, 0.1) is 12.4 Å². The first-order chi connectivity index (χ1) is 12.4. The van der Waals surface area contributed by atoms with Crippen LogP contribution in [0, 0.1) is 5.92 Å². The number of nitrogens with zero attached hydrogens (tertiary/aromatic N) is 1. The summed E-state index contributed by atoms with van der Waals surface area (Å²) in [6.45, 7) is 6.74. The molecule has 2 aliphatic rings. The van der Waals surface area contributed by atoms with Crippen LogP contribution >= 0.6 is 0 Å². The van der Waals surface area contributed by atoms with Crippen molar-refractivity contribution in [1.29, 1.82) is 0 Å². The summed E-state index contributed by atoms with van der Waals surface area (Å²) in [4.78, 5) is 27.1. The molecule has 0 bridgehead atoms. The number of amides is 2. The minimum absolute atomic E-state index is 0.0648. The standard InChI is InChI=1S/C18H32N2O6S/c1-18(2,3)25-17(22)19-15(16(21)20-11-5-6-12-20)13-7-9-14(10-8-13)26-27(4,23)24/h13-15H,5-12H2,1-4H3,(H,19,22). The molecule has 1 saturated heterocycles. The number of ether oxygens (including phenoxy) is 1. The Balaban J connectivity index is 2.03. The second-order valence-corrected chi connectivity index (χ2v) is 10.1. The largest absolute Gasteiger partial charge is 0.444 e. The third kappa shape index (κ3) is 7.29. The van der Waals surface area contributed by atoms with E-state index in [-0.39, 0.29) is 17.9 Å². The first kappa shape index (κ1) is 21.9. The van der Waals surface area contributed by atoms with E-state index in [1.54, 1.807) is 25.7 Å². The fourth-order valence-corrected chi connectivity index (χ4v) is 4.40. The molecule has 2 rings (SSSR count). The molecular formula is C18H32N2O6S. The van der Waals surface area contributed by atoms with E-state index in [4.69, 9.17) is 8.92 Å². The third-order valence-electron chi connectivity index (χ3n) is 4.86.